The maximum absolute atomic E-state index is 5.36. The van der Waals surface area contributed by atoms with E-state index in [1.165, 1.54) is 0 Å². The molecule has 100 valence electrons. The lowest BCUT2D eigenvalue weighted by Gasteiger charge is -2.20. The fraction of sp³-hybridized carbons (Fsp3) is 0.643. The second kappa shape index (κ2) is 6.27. The fourth-order valence-corrected chi connectivity index (χ4v) is 2.51. The molecule has 1 aliphatic heterocycles. The van der Waals surface area contributed by atoms with Crippen molar-refractivity contribution in [3.05, 3.63) is 29.6 Å². The summed E-state index contributed by atoms with van der Waals surface area (Å²) in [5.74, 6) is 0. The first-order chi connectivity index (χ1) is 8.67. The topological polar surface area (TPSA) is 37.4 Å². The molecule has 18 heavy (non-hydrogen) atoms. The van der Waals surface area contributed by atoms with Gasteiger partial charge < -0.3 is 10.1 Å². The van der Waals surface area contributed by atoms with E-state index in [0.717, 1.165) is 37.4 Å². The van der Waals surface area contributed by atoms with Gasteiger partial charge in [0.2, 0.25) is 0 Å². The van der Waals surface area contributed by atoms with E-state index in [-0.39, 0.29) is 0 Å². The van der Waals surface area contributed by atoms with E-state index < -0.39 is 0 Å². The van der Waals surface area contributed by atoms with E-state index in [1.807, 2.05) is 13.0 Å². The second-order valence-electron chi connectivity index (χ2n) is 5.17. The van der Waals surface area contributed by atoms with Crippen LogP contribution in [0.25, 0.3) is 0 Å². The molecule has 1 N–H and O–H groups in total. The Hall–Kier alpha value is -0.970. The third-order valence-corrected chi connectivity index (χ3v) is 3.42. The molecule has 0 aromatic carbocycles. The van der Waals surface area contributed by atoms with Gasteiger partial charge >= 0.3 is 0 Å². The number of rotatable bonds is 5. The average Bonchev–Trinajstić information content (AvgIpc) is 2.76. The van der Waals surface area contributed by atoms with Crippen LogP contribution >= 0.6 is 0 Å². The van der Waals surface area contributed by atoms with Crippen molar-refractivity contribution in [1.29, 1.82) is 0 Å². The fourth-order valence-electron chi connectivity index (χ4n) is 2.51. The Morgan fingerprint density at radius 2 is 2.33 bits per heavy atom. The molecule has 0 spiro atoms. The van der Waals surface area contributed by atoms with Gasteiger partial charge in [0.05, 0.1) is 11.8 Å². The number of aryl methyl sites for hydroxylation is 1. The van der Waals surface area contributed by atoms with E-state index in [1.54, 1.807) is 7.11 Å². The molecule has 4 nitrogen and oxygen atoms in total. The smallest absolute Gasteiger partial charge is 0.0711 e. The highest BCUT2D eigenvalue weighted by Gasteiger charge is 2.24. The molecule has 1 aromatic heterocycles. The molecule has 1 fully saturated rings. The van der Waals surface area contributed by atoms with Gasteiger partial charge in [0.1, 0.15) is 0 Å². The predicted molar refractivity (Wildman–Crippen MR) is 72.5 cm³/mol. The number of pyridine rings is 1. The lowest BCUT2D eigenvalue weighted by molar-refractivity contribution is 0.116. The first-order valence-corrected chi connectivity index (χ1v) is 6.54. The van der Waals surface area contributed by atoms with Gasteiger partial charge in [-0.05, 0) is 32.5 Å². The van der Waals surface area contributed by atoms with E-state index >= 15 is 0 Å². The maximum atomic E-state index is 5.36. The molecule has 2 atom stereocenters. The number of hydrogen-bond donors (Lipinski definition) is 1. The zero-order chi connectivity index (χ0) is 13.0. The molecular formula is C14H23N3O. The van der Waals surface area contributed by atoms with Crippen LogP contribution in [0.3, 0.4) is 0 Å². The van der Waals surface area contributed by atoms with E-state index in [0.29, 0.717) is 12.1 Å². The number of nitrogens with one attached hydrogen (secondary N) is 1. The number of likely N-dealkylation sites (N-methyl/N-ethyl adjacent to an activating group) is 1. The summed E-state index contributed by atoms with van der Waals surface area (Å²) >= 11 is 0. The zero-order valence-electron chi connectivity index (χ0n) is 11.5. The molecular weight excluding hydrogens is 226 g/mol. The molecule has 0 aliphatic carbocycles. The summed E-state index contributed by atoms with van der Waals surface area (Å²) in [6.45, 7) is 4.94. The van der Waals surface area contributed by atoms with E-state index in [9.17, 15) is 0 Å². The van der Waals surface area contributed by atoms with Crippen LogP contribution in [0.4, 0.5) is 0 Å². The van der Waals surface area contributed by atoms with Crippen LogP contribution in [-0.4, -0.2) is 49.3 Å². The molecule has 0 amide bonds. The van der Waals surface area contributed by atoms with Gasteiger partial charge in [-0.3, -0.25) is 9.88 Å². The minimum atomic E-state index is 0.375. The highest BCUT2D eigenvalue weighted by atomic mass is 16.5. The highest BCUT2D eigenvalue weighted by Crippen LogP contribution is 2.11. The molecule has 0 radical (unpaired) electrons. The lowest BCUT2D eigenvalue weighted by Crippen LogP contribution is -2.35. The summed E-state index contributed by atoms with van der Waals surface area (Å²) in [6, 6.07) is 6.72. The third-order valence-electron chi connectivity index (χ3n) is 3.42. The van der Waals surface area contributed by atoms with Crippen molar-refractivity contribution >= 4 is 0 Å². The van der Waals surface area contributed by atoms with Gasteiger partial charge in [-0.2, -0.15) is 0 Å². The quantitative estimate of drug-likeness (QED) is 0.851. The average molecular weight is 249 g/mol. The summed E-state index contributed by atoms with van der Waals surface area (Å²) in [6.07, 6.45) is 1.47. The Morgan fingerprint density at radius 3 is 3.00 bits per heavy atom. The Bertz CT molecular complexity index is 383. The van der Waals surface area contributed by atoms with Crippen molar-refractivity contribution in [3.63, 3.8) is 0 Å². The normalized spacial score (nSPS) is 23.8. The van der Waals surface area contributed by atoms with Crippen LogP contribution in [0, 0.1) is 6.92 Å². The molecule has 2 rings (SSSR count). The molecule has 1 aromatic rings. The molecule has 0 saturated carbocycles. The van der Waals surface area contributed by atoms with Crippen LogP contribution in [0.15, 0.2) is 18.2 Å². The van der Waals surface area contributed by atoms with Crippen LogP contribution in [0.5, 0.6) is 0 Å². The van der Waals surface area contributed by atoms with Gasteiger partial charge in [0.15, 0.2) is 0 Å². The summed E-state index contributed by atoms with van der Waals surface area (Å²) in [5, 5.41) is 3.50. The Labute approximate surface area is 109 Å². The minimum Gasteiger partial charge on any atom is -0.380 e. The van der Waals surface area contributed by atoms with Gasteiger partial charge in [0.25, 0.3) is 0 Å². The molecule has 2 unspecified atom stereocenters. The molecule has 0 bridgehead atoms. The molecule has 1 saturated heterocycles. The van der Waals surface area contributed by atoms with Crippen molar-refractivity contribution in [1.82, 2.24) is 15.2 Å². The number of ether oxygens (including phenoxy) is 1. The summed E-state index contributed by atoms with van der Waals surface area (Å²) in [5.41, 5.74) is 2.22. The van der Waals surface area contributed by atoms with E-state index in [2.05, 4.69) is 34.4 Å². The van der Waals surface area contributed by atoms with Crippen molar-refractivity contribution in [2.45, 2.75) is 32.0 Å². The molecule has 1 aliphatic rings. The summed E-state index contributed by atoms with van der Waals surface area (Å²) < 4.78 is 5.36. The maximum Gasteiger partial charge on any atom is 0.0711 e. The van der Waals surface area contributed by atoms with Gasteiger partial charge in [-0.15, -0.1) is 0 Å². The highest BCUT2D eigenvalue weighted by molar-refractivity contribution is 5.09. The number of nitrogens with zero attached hydrogens (tertiary/aromatic N) is 2. The van der Waals surface area contributed by atoms with Crippen molar-refractivity contribution in [2.75, 3.05) is 27.2 Å². The van der Waals surface area contributed by atoms with Crippen molar-refractivity contribution in [3.8, 4) is 0 Å². The largest absolute Gasteiger partial charge is 0.380 e. The second-order valence-corrected chi connectivity index (χ2v) is 5.17. The first kappa shape index (κ1) is 13.5. The van der Waals surface area contributed by atoms with Crippen LogP contribution in [0.2, 0.25) is 0 Å². The SMILES string of the molecule is COC1CNC(CN(C)Cc2cccc(C)n2)C1. The van der Waals surface area contributed by atoms with E-state index in [4.69, 9.17) is 4.74 Å². The van der Waals surface area contributed by atoms with Crippen LogP contribution < -0.4 is 5.32 Å². The number of methoxy groups -OCH3 is 1. The Morgan fingerprint density at radius 1 is 1.50 bits per heavy atom. The monoisotopic (exact) mass is 249 g/mol. The van der Waals surface area contributed by atoms with Crippen molar-refractivity contribution < 1.29 is 4.74 Å². The van der Waals surface area contributed by atoms with Crippen molar-refractivity contribution in [2.24, 2.45) is 0 Å². The van der Waals surface area contributed by atoms with Gasteiger partial charge in [-0.25, -0.2) is 0 Å². The zero-order valence-corrected chi connectivity index (χ0v) is 11.5. The minimum absolute atomic E-state index is 0.375. The van der Waals surface area contributed by atoms with Gasteiger partial charge in [-0.1, -0.05) is 6.07 Å². The van der Waals surface area contributed by atoms with Gasteiger partial charge in [0, 0.05) is 38.5 Å². The lowest BCUT2D eigenvalue weighted by atomic mass is 10.2. The van der Waals surface area contributed by atoms with Crippen LogP contribution in [0.1, 0.15) is 17.8 Å². The molecule has 4 heteroatoms. The summed E-state index contributed by atoms with van der Waals surface area (Å²) in [4.78, 5) is 6.85. The Balaban J connectivity index is 1.80. The van der Waals surface area contributed by atoms with Crippen LogP contribution in [-0.2, 0) is 11.3 Å². The predicted octanol–water partition coefficient (Wildman–Crippen LogP) is 1.20. The third kappa shape index (κ3) is 3.77. The summed E-state index contributed by atoms with van der Waals surface area (Å²) in [7, 11) is 3.93. The number of hydrogen-bond acceptors (Lipinski definition) is 4. The molecule has 2 heterocycles. The Kier molecular flexibility index (Phi) is 4.69. The first-order valence-electron chi connectivity index (χ1n) is 6.54. The standard InChI is InChI=1S/C14H23N3O/c1-11-5-4-6-12(16-11)9-17(2)10-13-7-14(18-3)8-15-13/h4-6,13-15H,7-10H2,1-3H3. The number of aromatic nitrogens is 1.